The van der Waals surface area contributed by atoms with Gasteiger partial charge in [-0.15, -0.1) is 0 Å². The maximum atomic E-state index is 13.3. The Morgan fingerprint density at radius 1 is 1.12 bits per heavy atom. The van der Waals surface area contributed by atoms with Crippen LogP contribution in [0.4, 0.5) is 9.18 Å². The molecule has 5 nitrogen and oxygen atoms in total. The number of amides is 2. The smallest absolute Gasteiger partial charge is 0.343 e. The largest absolute Gasteiger partial charge is 0.422 e. The van der Waals surface area contributed by atoms with Crippen molar-refractivity contribution in [3.05, 3.63) is 103 Å². The average molecular weight is 561 g/mol. The number of benzene rings is 3. The predicted octanol–water partition coefficient (Wildman–Crippen LogP) is 7.01. The molecule has 0 aromatic heterocycles. The summed E-state index contributed by atoms with van der Waals surface area (Å²) in [5.41, 5.74) is 2.29. The molecular weight excluding hydrogens is 545 g/mol. The van der Waals surface area contributed by atoms with E-state index < -0.39 is 22.9 Å². The van der Waals surface area contributed by atoms with Crippen LogP contribution < -0.4 is 4.74 Å². The molecule has 34 heavy (non-hydrogen) atoms. The van der Waals surface area contributed by atoms with Crippen LogP contribution >= 0.6 is 39.3 Å². The van der Waals surface area contributed by atoms with E-state index in [9.17, 15) is 18.8 Å². The Kier molecular flexibility index (Phi) is 7.21. The van der Waals surface area contributed by atoms with Crippen molar-refractivity contribution in [1.82, 2.24) is 4.90 Å². The van der Waals surface area contributed by atoms with Gasteiger partial charge < -0.3 is 4.74 Å². The quantitative estimate of drug-likeness (QED) is 0.191. The Bertz CT molecular complexity index is 1340. The highest BCUT2D eigenvalue weighted by atomic mass is 79.9. The van der Waals surface area contributed by atoms with E-state index in [4.69, 9.17) is 16.3 Å². The zero-order chi connectivity index (χ0) is 24.4. The van der Waals surface area contributed by atoms with Gasteiger partial charge in [0.1, 0.15) is 11.6 Å². The topological polar surface area (TPSA) is 63.7 Å². The van der Waals surface area contributed by atoms with Crippen molar-refractivity contribution in [3.63, 3.8) is 0 Å². The number of esters is 1. The highest BCUT2D eigenvalue weighted by molar-refractivity contribution is 9.10. The van der Waals surface area contributed by atoms with E-state index in [-0.39, 0.29) is 22.2 Å². The van der Waals surface area contributed by atoms with Gasteiger partial charge in [0.25, 0.3) is 11.1 Å². The molecule has 0 aliphatic carbocycles. The number of ether oxygens (including phenoxy) is 1. The van der Waals surface area contributed by atoms with Gasteiger partial charge in [0.05, 0.1) is 17.0 Å². The van der Waals surface area contributed by atoms with E-state index in [1.54, 1.807) is 30.3 Å². The van der Waals surface area contributed by atoms with Gasteiger partial charge in [0.15, 0.2) is 0 Å². The van der Waals surface area contributed by atoms with Gasteiger partial charge in [0, 0.05) is 15.1 Å². The Morgan fingerprint density at radius 3 is 2.56 bits per heavy atom. The molecule has 3 aromatic carbocycles. The highest BCUT2D eigenvalue weighted by Gasteiger charge is 2.35. The molecule has 0 spiro atoms. The number of nitrogens with zero attached hydrogens (tertiary/aromatic N) is 1. The molecule has 172 valence electrons. The van der Waals surface area contributed by atoms with Gasteiger partial charge in [-0.05, 0) is 72.8 Å². The van der Waals surface area contributed by atoms with Crippen LogP contribution in [0.3, 0.4) is 0 Å². The van der Waals surface area contributed by atoms with E-state index >= 15 is 0 Å². The van der Waals surface area contributed by atoms with Gasteiger partial charge in [-0.2, -0.15) is 0 Å². The zero-order valence-electron chi connectivity index (χ0n) is 17.7. The summed E-state index contributed by atoms with van der Waals surface area (Å²) in [6.45, 7) is 1.83. The Labute approximate surface area is 212 Å². The average Bonchev–Trinajstić information content (AvgIpc) is 3.05. The highest BCUT2D eigenvalue weighted by Crippen LogP contribution is 2.36. The molecule has 9 heteroatoms. The second-order valence-electron chi connectivity index (χ2n) is 7.44. The number of thioether (sulfide) groups is 1. The van der Waals surface area contributed by atoms with Crippen molar-refractivity contribution in [2.24, 2.45) is 0 Å². The Hall–Kier alpha value is -2.94. The van der Waals surface area contributed by atoms with E-state index in [0.717, 1.165) is 28.3 Å². The molecule has 3 aromatic rings. The molecule has 0 radical (unpaired) electrons. The fourth-order valence-electron chi connectivity index (χ4n) is 3.17. The lowest BCUT2D eigenvalue weighted by Crippen LogP contribution is -2.27. The van der Waals surface area contributed by atoms with Gasteiger partial charge in [0.2, 0.25) is 0 Å². The van der Waals surface area contributed by atoms with Crippen LogP contribution in [0.5, 0.6) is 5.75 Å². The summed E-state index contributed by atoms with van der Waals surface area (Å²) in [4.78, 5) is 39.3. The molecule has 1 saturated heterocycles. The maximum Gasteiger partial charge on any atom is 0.343 e. The molecule has 1 aliphatic heterocycles. The van der Waals surface area contributed by atoms with Crippen LogP contribution in [0.2, 0.25) is 5.02 Å². The second-order valence-corrected chi connectivity index (χ2v) is 9.76. The van der Waals surface area contributed by atoms with Crippen molar-refractivity contribution < 1.29 is 23.5 Å². The molecule has 1 heterocycles. The molecule has 4 rings (SSSR count). The van der Waals surface area contributed by atoms with Crippen LogP contribution in [0.25, 0.3) is 6.08 Å². The minimum Gasteiger partial charge on any atom is -0.422 e. The van der Waals surface area contributed by atoms with Gasteiger partial charge in [-0.3, -0.25) is 14.5 Å². The number of imide groups is 1. The predicted molar refractivity (Wildman–Crippen MR) is 133 cm³/mol. The number of aryl methyl sites for hydroxylation is 1. The molecular formula is C25H16BrClFNO4S. The van der Waals surface area contributed by atoms with Crippen LogP contribution in [0.1, 0.15) is 27.0 Å². The number of rotatable bonds is 5. The monoisotopic (exact) mass is 559 g/mol. The SMILES string of the molecule is Cc1ccc(C(=O)Oc2ccc(Br)cc2/C=C2\SC(=O)N(Cc3ccc(F)cc3Cl)C2=O)cc1. The molecule has 0 N–H and O–H groups in total. The van der Waals surface area contributed by atoms with E-state index in [0.29, 0.717) is 21.2 Å². The molecule has 0 bridgehead atoms. The van der Waals surface area contributed by atoms with Gasteiger partial charge in [-0.25, -0.2) is 9.18 Å². The summed E-state index contributed by atoms with van der Waals surface area (Å²) in [6, 6.07) is 15.7. The minimum absolute atomic E-state index is 0.0884. The number of carbonyl (C=O) groups excluding carboxylic acids is 3. The van der Waals surface area contributed by atoms with Crippen LogP contribution in [-0.2, 0) is 11.3 Å². The van der Waals surface area contributed by atoms with Crippen molar-refractivity contribution in [3.8, 4) is 5.75 Å². The first-order valence-corrected chi connectivity index (χ1v) is 12.0. The van der Waals surface area contributed by atoms with Crippen molar-refractivity contribution >= 4 is 62.5 Å². The number of carbonyl (C=O) groups is 3. The Balaban J connectivity index is 1.59. The van der Waals surface area contributed by atoms with Crippen LogP contribution in [0, 0.1) is 12.7 Å². The lowest BCUT2D eigenvalue weighted by atomic mass is 10.1. The first-order chi connectivity index (χ1) is 16.2. The molecule has 1 aliphatic rings. The molecule has 2 amide bonds. The summed E-state index contributed by atoms with van der Waals surface area (Å²) in [5.74, 6) is -1.34. The minimum atomic E-state index is -0.545. The van der Waals surface area contributed by atoms with Crippen molar-refractivity contribution in [1.29, 1.82) is 0 Å². The second kappa shape index (κ2) is 10.1. The standard InChI is InChI=1S/C25H16BrClFNO4S/c1-14-2-4-15(5-3-14)24(31)33-21-9-7-18(26)10-17(21)11-22-23(30)29(25(32)34-22)13-16-6-8-19(28)12-20(16)27/h2-12H,13H2,1H3/b22-11-. The number of hydrogen-bond acceptors (Lipinski definition) is 5. The maximum absolute atomic E-state index is 13.3. The molecule has 0 atom stereocenters. The van der Waals surface area contributed by atoms with Crippen LogP contribution in [0.15, 0.2) is 70.0 Å². The summed E-state index contributed by atoms with van der Waals surface area (Å²) in [7, 11) is 0. The summed E-state index contributed by atoms with van der Waals surface area (Å²) >= 11 is 10.2. The van der Waals surface area contributed by atoms with Crippen LogP contribution in [-0.4, -0.2) is 22.0 Å². The lowest BCUT2D eigenvalue weighted by molar-refractivity contribution is -0.123. The number of hydrogen-bond donors (Lipinski definition) is 0. The molecule has 0 unspecified atom stereocenters. The molecule has 1 fully saturated rings. The first kappa shape index (κ1) is 24.2. The third-order valence-electron chi connectivity index (χ3n) is 4.97. The van der Waals surface area contributed by atoms with E-state index in [2.05, 4.69) is 15.9 Å². The summed E-state index contributed by atoms with van der Waals surface area (Å²) < 4.78 is 19.6. The molecule has 0 saturated carbocycles. The fourth-order valence-corrected chi connectivity index (χ4v) is 4.61. The van der Waals surface area contributed by atoms with Gasteiger partial charge >= 0.3 is 5.97 Å². The number of halogens is 3. The fraction of sp³-hybridized carbons (Fsp3) is 0.0800. The lowest BCUT2D eigenvalue weighted by Gasteiger charge is -2.13. The zero-order valence-corrected chi connectivity index (χ0v) is 20.8. The summed E-state index contributed by atoms with van der Waals surface area (Å²) in [5, 5.41) is -0.356. The third-order valence-corrected chi connectivity index (χ3v) is 6.72. The summed E-state index contributed by atoms with van der Waals surface area (Å²) in [6.07, 6.45) is 1.50. The van der Waals surface area contributed by atoms with E-state index in [1.807, 2.05) is 19.1 Å². The first-order valence-electron chi connectivity index (χ1n) is 9.99. The Morgan fingerprint density at radius 2 is 1.85 bits per heavy atom. The van der Waals surface area contributed by atoms with Crippen molar-refractivity contribution in [2.45, 2.75) is 13.5 Å². The van der Waals surface area contributed by atoms with Crippen molar-refractivity contribution in [2.75, 3.05) is 0 Å². The third kappa shape index (κ3) is 5.41. The van der Waals surface area contributed by atoms with E-state index in [1.165, 1.54) is 18.2 Å². The normalized spacial score (nSPS) is 14.7. The van der Waals surface area contributed by atoms with Gasteiger partial charge in [-0.1, -0.05) is 51.3 Å².